The first-order valence-electron chi connectivity index (χ1n) is 5.39. The molecule has 1 aromatic heterocycles. The van der Waals surface area contributed by atoms with Crippen LogP contribution in [0.2, 0.25) is 0 Å². The molecule has 7 nitrogen and oxygen atoms in total. The maximum atomic E-state index is 11.5. The van der Waals surface area contributed by atoms with E-state index in [9.17, 15) is 4.79 Å². The van der Waals surface area contributed by atoms with Crippen LogP contribution in [0.1, 0.15) is 16.8 Å². The van der Waals surface area contributed by atoms with Crippen LogP contribution in [-0.2, 0) is 9.47 Å². The zero-order valence-electron chi connectivity index (χ0n) is 9.86. The molecule has 0 saturated carbocycles. The Kier molecular flexibility index (Phi) is 6.05. The van der Waals surface area contributed by atoms with Crippen molar-refractivity contribution in [2.75, 3.05) is 39.2 Å². The molecule has 17 heavy (non-hydrogen) atoms. The number of nitrogens with zero attached hydrogens (tertiary/aromatic N) is 1. The third-order valence-electron chi connectivity index (χ3n) is 2.10. The number of ether oxygens (including phenoxy) is 2. The minimum absolute atomic E-state index is 0.229. The third kappa shape index (κ3) is 4.83. The van der Waals surface area contributed by atoms with Crippen molar-refractivity contribution in [1.29, 1.82) is 0 Å². The highest BCUT2D eigenvalue weighted by Gasteiger charge is 2.10. The summed E-state index contributed by atoms with van der Waals surface area (Å²) < 4.78 is 10.1. The Morgan fingerprint density at radius 1 is 1.53 bits per heavy atom. The first kappa shape index (κ1) is 13.5. The molecule has 0 aliphatic rings. The number of hydrogen-bond acceptors (Lipinski definition) is 5. The van der Waals surface area contributed by atoms with Crippen LogP contribution in [0.4, 0.5) is 5.82 Å². The molecule has 7 heteroatoms. The van der Waals surface area contributed by atoms with Gasteiger partial charge in [0.15, 0.2) is 0 Å². The number of hydrogen-bond donors (Lipinski definition) is 3. The van der Waals surface area contributed by atoms with Crippen LogP contribution in [-0.4, -0.2) is 49.6 Å². The van der Waals surface area contributed by atoms with E-state index in [0.29, 0.717) is 31.9 Å². The molecular formula is C10H18N4O3. The molecule has 1 aromatic rings. The highest BCUT2D eigenvalue weighted by atomic mass is 16.5. The average Bonchev–Trinajstić information content (AvgIpc) is 2.74. The maximum absolute atomic E-state index is 11.5. The fraction of sp³-hybridized carbons (Fsp3) is 0.600. The molecule has 0 fully saturated rings. The predicted octanol–water partition coefficient (Wildman–Crippen LogP) is -0.225. The topological polar surface area (TPSA) is 102 Å². The molecule has 4 N–H and O–H groups in total. The van der Waals surface area contributed by atoms with Crippen molar-refractivity contribution in [2.45, 2.75) is 6.42 Å². The van der Waals surface area contributed by atoms with E-state index in [4.69, 9.17) is 15.2 Å². The lowest BCUT2D eigenvalue weighted by Crippen LogP contribution is -2.25. The fourth-order valence-electron chi connectivity index (χ4n) is 1.19. The van der Waals surface area contributed by atoms with Gasteiger partial charge < -0.3 is 20.5 Å². The van der Waals surface area contributed by atoms with E-state index in [1.165, 1.54) is 6.20 Å². The minimum atomic E-state index is -0.229. The van der Waals surface area contributed by atoms with Crippen LogP contribution >= 0.6 is 0 Å². The zero-order valence-corrected chi connectivity index (χ0v) is 9.86. The number of anilines is 1. The second kappa shape index (κ2) is 7.64. The SMILES string of the molecule is COCCOCCCNC(=O)c1cn[nH]c1N. The van der Waals surface area contributed by atoms with E-state index >= 15 is 0 Å². The van der Waals surface area contributed by atoms with E-state index < -0.39 is 0 Å². The zero-order chi connectivity index (χ0) is 12.5. The Bertz CT molecular complexity index is 340. The average molecular weight is 242 g/mol. The van der Waals surface area contributed by atoms with Crippen molar-refractivity contribution in [3.63, 3.8) is 0 Å². The van der Waals surface area contributed by atoms with Gasteiger partial charge in [-0.05, 0) is 6.42 Å². The van der Waals surface area contributed by atoms with Gasteiger partial charge in [0.25, 0.3) is 5.91 Å². The summed E-state index contributed by atoms with van der Waals surface area (Å²) in [5.41, 5.74) is 5.88. The molecular weight excluding hydrogens is 224 g/mol. The summed E-state index contributed by atoms with van der Waals surface area (Å²) >= 11 is 0. The quantitative estimate of drug-likeness (QED) is 0.547. The van der Waals surface area contributed by atoms with Gasteiger partial charge in [-0.1, -0.05) is 0 Å². The molecule has 0 bridgehead atoms. The van der Waals surface area contributed by atoms with Crippen LogP contribution in [0.15, 0.2) is 6.20 Å². The van der Waals surface area contributed by atoms with Crippen LogP contribution < -0.4 is 11.1 Å². The maximum Gasteiger partial charge on any atom is 0.256 e. The molecule has 0 aromatic carbocycles. The number of methoxy groups -OCH3 is 1. The molecule has 0 unspecified atom stereocenters. The number of nitrogens with one attached hydrogen (secondary N) is 2. The van der Waals surface area contributed by atoms with Crippen molar-refractivity contribution in [2.24, 2.45) is 0 Å². The van der Waals surface area contributed by atoms with E-state index in [1.807, 2.05) is 0 Å². The van der Waals surface area contributed by atoms with Gasteiger partial charge in [-0.15, -0.1) is 0 Å². The summed E-state index contributed by atoms with van der Waals surface area (Å²) in [5.74, 6) is 0.0481. The lowest BCUT2D eigenvalue weighted by atomic mass is 10.3. The highest BCUT2D eigenvalue weighted by molar-refractivity contribution is 5.97. The van der Waals surface area contributed by atoms with E-state index in [0.717, 1.165) is 6.42 Å². The summed E-state index contributed by atoms with van der Waals surface area (Å²) in [7, 11) is 1.62. The number of aromatic amines is 1. The number of nitrogens with two attached hydrogens (primary N) is 1. The van der Waals surface area contributed by atoms with Gasteiger partial charge >= 0.3 is 0 Å². The monoisotopic (exact) mass is 242 g/mol. The van der Waals surface area contributed by atoms with E-state index in [1.54, 1.807) is 7.11 Å². The summed E-state index contributed by atoms with van der Waals surface area (Å²) in [4.78, 5) is 11.5. The third-order valence-corrected chi connectivity index (χ3v) is 2.10. The molecule has 0 saturated heterocycles. The van der Waals surface area contributed by atoms with Crippen molar-refractivity contribution in [3.05, 3.63) is 11.8 Å². The molecule has 0 radical (unpaired) electrons. The summed E-state index contributed by atoms with van der Waals surface area (Å²) in [6, 6.07) is 0. The van der Waals surface area contributed by atoms with Crippen LogP contribution in [0.3, 0.4) is 0 Å². The Hall–Kier alpha value is -1.60. The molecule has 96 valence electrons. The highest BCUT2D eigenvalue weighted by Crippen LogP contribution is 2.04. The Balaban J connectivity index is 2.07. The Morgan fingerprint density at radius 3 is 3.00 bits per heavy atom. The molecule has 0 aliphatic carbocycles. The summed E-state index contributed by atoms with van der Waals surface area (Å²) in [6.45, 7) is 2.28. The van der Waals surface area contributed by atoms with Crippen LogP contribution in [0.5, 0.6) is 0 Å². The molecule has 0 atom stereocenters. The standard InChI is InChI=1S/C10H18N4O3/c1-16-5-6-17-4-2-3-12-10(15)8-7-13-14-9(8)11/h7H,2-6H2,1H3,(H,12,15)(H3,11,13,14). The number of amides is 1. The molecule has 1 rings (SSSR count). The molecule has 1 amide bonds. The lowest BCUT2D eigenvalue weighted by molar-refractivity contribution is 0.0688. The van der Waals surface area contributed by atoms with Crippen molar-refractivity contribution in [1.82, 2.24) is 15.5 Å². The van der Waals surface area contributed by atoms with Gasteiger partial charge in [-0.3, -0.25) is 9.89 Å². The van der Waals surface area contributed by atoms with Crippen LogP contribution in [0.25, 0.3) is 0 Å². The van der Waals surface area contributed by atoms with E-state index in [2.05, 4.69) is 15.5 Å². The van der Waals surface area contributed by atoms with Gasteiger partial charge in [0.2, 0.25) is 0 Å². The number of nitrogen functional groups attached to an aromatic ring is 1. The second-order valence-corrected chi connectivity index (χ2v) is 3.41. The van der Waals surface area contributed by atoms with Crippen molar-refractivity contribution >= 4 is 11.7 Å². The first-order valence-corrected chi connectivity index (χ1v) is 5.39. The number of carbonyl (C=O) groups is 1. The minimum Gasteiger partial charge on any atom is -0.383 e. The van der Waals surface area contributed by atoms with Crippen molar-refractivity contribution < 1.29 is 14.3 Å². The number of carbonyl (C=O) groups excluding carboxylic acids is 1. The van der Waals surface area contributed by atoms with Gasteiger partial charge in [-0.2, -0.15) is 5.10 Å². The van der Waals surface area contributed by atoms with Gasteiger partial charge in [0.1, 0.15) is 11.4 Å². The predicted molar refractivity (Wildman–Crippen MR) is 62.6 cm³/mol. The summed E-state index contributed by atoms with van der Waals surface area (Å²) in [6.07, 6.45) is 2.15. The largest absolute Gasteiger partial charge is 0.383 e. The molecule has 1 heterocycles. The fourth-order valence-corrected chi connectivity index (χ4v) is 1.19. The van der Waals surface area contributed by atoms with E-state index in [-0.39, 0.29) is 11.7 Å². The molecule has 0 aliphatic heterocycles. The van der Waals surface area contributed by atoms with Crippen LogP contribution in [0, 0.1) is 0 Å². The Labute approximate surface area is 99.7 Å². The number of aromatic nitrogens is 2. The molecule has 0 spiro atoms. The normalized spacial score (nSPS) is 10.4. The lowest BCUT2D eigenvalue weighted by Gasteiger charge is -2.05. The summed E-state index contributed by atoms with van der Waals surface area (Å²) in [5, 5.41) is 8.90. The first-order chi connectivity index (χ1) is 8.25. The second-order valence-electron chi connectivity index (χ2n) is 3.41. The van der Waals surface area contributed by atoms with Gasteiger partial charge in [0, 0.05) is 20.3 Å². The number of H-pyrrole nitrogens is 1. The van der Waals surface area contributed by atoms with Crippen molar-refractivity contribution in [3.8, 4) is 0 Å². The van der Waals surface area contributed by atoms with Gasteiger partial charge in [0.05, 0.1) is 19.4 Å². The number of rotatable bonds is 8. The smallest absolute Gasteiger partial charge is 0.256 e. The Morgan fingerprint density at radius 2 is 2.35 bits per heavy atom. The van der Waals surface area contributed by atoms with Gasteiger partial charge in [-0.25, -0.2) is 0 Å².